The Labute approximate surface area is 159 Å². The molecule has 3 aromatic rings. The number of aromatic nitrogens is 2. The molecule has 1 atom stereocenters. The minimum atomic E-state index is -0.349. The summed E-state index contributed by atoms with van der Waals surface area (Å²) < 4.78 is 5.29. The van der Waals surface area contributed by atoms with E-state index in [0.717, 1.165) is 26.4 Å². The maximum atomic E-state index is 12.1. The van der Waals surface area contributed by atoms with Crippen molar-refractivity contribution >= 4 is 50.9 Å². The van der Waals surface area contributed by atoms with Crippen LogP contribution in [-0.2, 0) is 9.53 Å². The van der Waals surface area contributed by atoms with E-state index in [1.807, 2.05) is 45.0 Å². The lowest BCUT2D eigenvalue weighted by Gasteiger charge is -2.13. The van der Waals surface area contributed by atoms with Gasteiger partial charge in [0.1, 0.15) is 21.4 Å². The zero-order valence-electron chi connectivity index (χ0n) is 14.0. The first-order chi connectivity index (χ1) is 12.0. The van der Waals surface area contributed by atoms with Crippen molar-refractivity contribution in [3.63, 3.8) is 0 Å². The van der Waals surface area contributed by atoms with Crippen molar-refractivity contribution in [1.29, 1.82) is 0 Å². The average molecular weight is 393 g/mol. The first-order valence-electron chi connectivity index (χ1n) is 7.81. The highest BCUT2D eigenvalue weighted by Gasteiger charge is 2.21. The molecule has 0 spiro atoms. The van der Waals surface area contributed by atoms with Crippen molar-refractivity contribution in [2.24, 2.45) is 0 Å². The lowest BCUT2D eigenvalue weighted by molar-refractivity contribution is -0.146. The molecule has 130 valence electrons. The minimum Gasteiger partial charge on any atom is -0.462 e. The third kappa shape index (κ3) is 4.14. The molecule has 0 amide bonds. The number of esters is 1. The molecule has 0 aliphatic carbocycles. The van der Waals surface area contributed by atoms with Crippen LogP contribution in [0.1, 0.15) is 20.8 Å². The van der Waals surface area contributed by atoms with E-state index in [0.29, 0.717) is 5.02 Å². The van der Waals surface area contributed by atoms with Crippen LogP contribution in [0.5, 0.6) is 0 Å². The summed E-state index contributed by atoms with van der Waals surface area (Å²) in [5, 5.41) is 4.15. The van der Waals surface area contributed by atoms with Crippen LogP contribution < -0.4 is 0 Å². The molecule has 0 N–H and O–H groups in total. The van der Waals surface area contributed by atoms with E-state index in [-0.39, 0.29) is 17.3 Å². The number of fused-ring (bicyclic) bond motifs is 1. The lowest BCUT2D eigenvalue weighted by Crippen LogP contribution is -2.20. The second-order valence-corrected chi connectivity index (χ2v) is 8.39. The van der Waals surface area contributed by atoms with Gasteiger partial charge in [-0.25, -0.2) is 9.97 Å². The number of nitrogens with zero attached hydrogens (tertiary/aromatic N) is 2. The van der Waals surface area contributed by atoms with Crippen molar-refractivity contribution in [3.8, 4) is 11.1 Å². The number of carbonyl (C=O) groups excluding carboxylic acids is 1. The summed E-state index contributed by atoms with van der Waals surface area (Å²) in [6, 6.07) is 7.67. The van der Waals surface area contributed by atoms with Gasteiger partial charge in [0, 0.05) is 16.0 Å². The highest BCUT2D eigenvalue weighted by atomic mass is 35.5. The molecule has 0 bridgehead atoms. The number of benzene rings is 1. The van der Waals surface area contributed by atoms with Crippen LogP contribution >= 0.6 is 34.7 Å². The Hall–Kier alpha value is -1.63. The fraction of sp³-hybridized carbons (Fsp3) is 0.278. The van der Waals surface area contributed by atoms with E-state index in [2.05, 4.69) is 15.3 Å². The first kappa shape index (κ1) is 18.2. The molecular formula is C18H17ClN2O2S2. The largest absolute Gasteiger partial charge is 0.462 e. The number of halogens is 1. The molecule has 3 rings (SSSR count). The maximum Gasteiger partial charge on any atom is 0.319 e. The smallest absolute Gasteiger partial charge is 0.319 e. The summed E-state index contributed by atoms with van der Waals surface area (Å²) >= 11 is 8.94. The number of carbonyl (C=O) groups is 1. The lowest BCUT2D eigenvalue weighted by atomic mass is 10.1. The standard InChI is InChI=1S/C18H17ClN2O2S2/c1-10(2)23-18(22)11(3)25-17-15-14(8-24-16(15)20-9-21-17)12-4-6-13(19)7-5-12/h4-11H,1-3H3. The van der Waals surface area contributed by atoms with Crippen LogP contribution in [-0.4, -0.2) is 27.3 Å². The molecule has 1 unspecified atom stereocenters. The summed E-state index contributed by atoms with van der Waals surface area (Å²) in [5.74, 6) is -0.241. The predicted molar refractivity (Wildman–Crippen MR) is 104 cm³/mol. The van der Waals surface area contributed by atoms with Crippen molar-refractivity contribution in [1.82, 2.24) is 9.97 Å². The molecule has 0 fully saturated rings. The average Bonchev–Trinajstić information content (AvgIpc) is 3.00. The van der Waals surface area contributed by atoms with E-state index in [1.165, 1.54) is 18.1 Å². The molecule has 4 nitrogen and oxygen atoms in total. The van der Waals surface area contributed by atoms with Crippen molar-refractivity contribution in [2.45, 2.75) is 37.2 Å². The molecule has 2 heterocycles. The van der Waals surface area contributed by atoms with Crippen molar-refractivity contribution in [2.75, 3.05) is 0 Å². The molecule has 0 aliphatic heterocycles. The van der Waals surface area contributed by atoms with E-state index in [9.17, 15) is 4.79 Å². The van der Waals surface area contributed by atoms with Gasteiger partial charge in [-0.2, -0.15) is 0 Å². The zero-order chi connectivity index (χ0) is 18.0. The van der Waals surface area contributed by atoms with Crippen LogP contribution in [0.3, 0.4) is 0 Å². The van der Waals surface area contributed by atoms with Crippen LogP contribution in [0.15, 0.2) is 41.0 Å². The molecule has 7 heteroatoms. The second kappa shape index (κ2) is 7.72. The fourth-order valence-corrected chi connectivity index (χ4v) is 4.35. The van der Waals surface area contributed by atoms with Gasteiger partial charge in [0.05, 0.1) is 11.5 Å². The van der Waals surface area contributed by atoms with Gasteiger partial charge < -0.3 is 4.74 Å². The molecule has 0 saturated heterocycles. The van der Waals surface area contributed by atoms with Gasteiger partial charge in [0.2, 0.25) is 0 Å². The summed E-state index contributed by atoms with van der Waals surface area (Å²) in [5.41, 5.74) is 2.09. The monoisotopic (exact) mass is 392 g/mol. The normalized spacial score (nSPS) is 12.5. The highest BCUT2D eigenvalue weighted by Crippen LogP contribution is 2.39. The summed E-state index contributed by atoms with van der Waals surface area (Å²) in [6.07, 6.45) is 1.40. The van der Waals surface area contributed by atoms with Gasteiger partial charge in [-0.05, 0) is 38.5 Å². The van der Waals surface area contributed by atoms with Crippen LogP contribution in [0.4, 0.5) is 0 Å². The van der Waals surface area contributed by atoms with Gasteiger partial charge >= 0.3 is 5.97 Å². The SMILES string of the molecule is CC(C)OC(=O)C(C)Sc1ncnc2scc(-c3ccc(Cl)cc3)c12. The van der Waals surface area contributed by atoms with Crippen LogP contribution in [0.2, 0.25) is 5.02 Å². The van der Waals surface area contributed by atoms with E-state index in [1.54, 1.807) is 11.3 Å². The highest BCUT2D eigenvalue weighted by molar-refractivity contribution is 8.00. The van der Waals surface area contributed by atoms with Gasteiger partial charge in [-0.15, -0.1) is 11.3 Å². The quantitative estimate of drug-likeness (QED) is 0.328. The van der Waals surface area contributed by atoms with Crippen molar-refractivity contribution < 1.29 is 9.53 Å². The Kier molecular flexibility index (Phi) is 5.61. The Morgan fingerprint density at radius 1 is 1.20 bits per heavy atom. The van der Waals surface area contributed by atoms with E-state index in [4.69, 9.17) is 16.3 Å². The number of hydrogen-bond donors (Lipinski definition) is 0. The minimum absolute atomic E-state index is 0.133. The molecule has 0 saturated carbocycles. The zero-order valence-corrected chi connectivity index (χ0v) is 16.4. The topological polar surface area (TPSA) is 52.1 Å². The molecule has 2 aromatic heterocycles. The number of hydrogen-bond acceptors (Lipinski definition) is 6. The summed E-state index contributed by atoms with van der Waals surface area (Å²) in [6.45, 7) is 5.52. The summed E-state index contributed by atoms with van der Waals surface area (Å²) in [4.78, 5) is 21.8. The molecule has 0 aliphatic rings. The van der Waals surface area contributed by atoms with Gasteiger partial charge in [-0.3, -0.25) is 4.79 Å². The Morgan fingerprint density at radius 3 is 2.60 bits per heavy atom. The van der Waals surface area contributed by atoms with Crippen LogP contribution in [0, 0.1) is 0 Å². The van der Waals surface area contributed by atoms with Gasteiger partial charge in [-0.1, -0.05) is 35.5 Å². The first-order valence-corrected chi connectivity index (χ1v) is 9.94. The Bertz CT molecular complexity index is 894. The molecular weight excluding hydrogens is 376 g/mol. The second-order valence-electron chi connectivity index (χ2n) is 5.76. The van der Waals surface area contributed by atoms with E-state index < -0.39 is 0 Å². The Balaban J connectivity index is 1.97. The van der Waals surface area contributed by atoms with Crippen molar-refractivity contribution in [3.05, 3.63) is 41.0 Å². The third-order valence-electron chi connectivity index (χ3n) is 3.46. The fourth-order valence-electron chi connectivity index (χ4n) is 2.32. The third-order valence-corrected chi connectivity index (χ3v) is 5.68. The van der Waals surface area contributed by atoms with Crippen LogP contribution in [0.25, 0.3) is 21.3 Å². The van der Waals surface area contributed by atoms with E-state index >= 15 is 0 Å². The van der Waals surface area contributed by atoms with Gasteiger partial charge in [0.15, 0.2) is 0 Å². The van der Waals surface area contributed by atoms with Gasteiger partial charge in [0.25, 0.3) is 0 Å². The number of thioether (sulfide) groups is 1. The summed E-state index contributed by atoms with van der Waals surface area (Å²) in [7, 11) is 0. The molecule has 0 radical (unpaired) electrons. The maximum absolute atomic E-state index is 12.1. The predicted octanol–water partition coefficient (Wildman–Crippen LogP) is 5.44. The Morgan fingerprint density at radius 2 is 1.92 bits per heavy atom. The molecule has 25 heavy (non-hydrogen) atoms. The number of ether oxygens (including phenoxy) is 1. The number of thiophene rings is 1. The molecule has 1 aromatic carbocycles. The number of rotatable bonds is 5.